The molecule has 7 heavy (non-hydrogen) atoms. The Hall–Kier alpha value is 0.430. The molecule has 0 amide bonds. The Labute approximate surface area is 57.6 Å². The fourth-order valence-electron chi connectivity index (χ4n) is 0.248. The van der Waals surface area contributed by atoms with Crippen LogP contribution in [0.15, 0.2) is 10.2 Å². The molecule has 0 rings (SSSR count). The Morgan fingerprint density at radius 1 is 1.86 bits per heavy atom. The first-order chi connectivity index (χ1) is 3.27. The highest BCUT2D eigenvalue weighted by atomic mass is 127. The molecule has 0 aliphatic rings. The fraction of sp³-hybridized carbons (Fsp3) is 0.600. The van der Waals surface area contributed by atoms with Crippen molar-refractivity contribution in [2.45, 2.75) is 19.4 Å². The van der Waals surface area contributed by atoms with Gasteiger partial charge in [0.1, 0.15) is 0 Å². The highest BCUT2D eigenvalue weighted by molar-refractivity contribution is 14.1. The van der Waals surface area contributed by atoms with Crippen LogP contribution in [0.1, 0.15) is 13.3 Å². The van der Waals surface area contributed by atoms with E-state index in [1.54, 1.807) is 6.92 Å². The van der Waals surface area contributed by atoms with E-state index in [-0.39, 0.29) is 6.10 Å². The molecule has 0 aliphatic heterocycles. The summed E-state index contributed by atoms with van der Waals surface area (Å²) in [6.45, 7) is 1.77. The van der Waals surface area contributed by atoms with Crippen LogP contribution in [0.25, 0.3) is 0 Å². The Morgan fingerprint density at radius 3 is 2.57 bits per heavy atom. The Bertz CT molecular complexity index is 59.1. The molecule has 0 heterocycles. The van der Waals surface area contributed by atoms with Gasteiger partial charge < -0.3 is 5.11 Å². The van der Waals surface area contributed by atoms with Crippen molar-refractivity contribution in [3.05, 3.63) is 10.2 Å². The van der Waals surface area contributed by atoms with Crippen LogP contribution in [0.2, 0.25) is 0 Å². The first-order valence-corrected chi connectivity index (χ1v) is 3.45. The third-order valence-electron chi connectivity index (χ3n) is 0.566. The molecule has 0 aromatic heterocycles. The summed E-state index contributed by atoms with van der Waals surface area (Å²) >= 11 is 2.13. The molecular formula is C5H9IO. The van der Waals surface area contributed by atoms with Gasteiger partial charge in [0.2, 0.25) is 0 Å². The van der Waals surface area contributed by atoms with Crippen molar-refractivity contribution in [3.63, 3.8) is 0 Å². The van der Waals surface area contributed by atoms with E-state index >= 15 is 0 Å². The minimum Gasteiger partial charge on any atom is -0.393 e. The minimum atomic E-state index is -0.189. The van der Waals surface area contributed by atoms with Gasteiger partial charge in [0.25, 0.3) is 0 Å². The zero-order valence-electron chi connectivity index (χ0n) is 4.26. The summed E-state index contributed by atoms with van der Waals surface area (Å²) in [7, 11) is 0. The van der Waals surface area contributed by atoms with Crippen molar-refractivity contribution < 1.29 is 5.11 Å². The molecule has 2 heteroatoms. The molecule has 0 radical (unpaired) electrons. The predicted octanol–water partition coefficient (Wildman–Crippen LogP) is 1.71. The van der Waals surface area contributed by atoms with E-state index in [2.05, 4.69) is 22.6 Å². The zero-order valence-corrected chi connectivity index (χ0v) is 6.42. The molecule has 1 N–H and O–H groups in total. The molecule has 0 fully saturated rings. The summed E-state index contributed by atoms with van der Waals surface area (Å²) in [4.78, 5) is 0. The maximum Gasteiger partial charge on any atom is 0.0546 e. The zero-order chi connectivity index (χ0) is 5.70. The highest BCUT2D eigenvalue weighted by Gasteiger charge is 1.85. The normalized spacial score (nSPS) is 15.3. The maximum atomic E-state index is 8.63. The summed E-state index contributed by atoms with van der Waals surface area (Å²) in [6, 6.07) is 0. The van der Waals surface area contributed by atoms with Gasteiger partial charge in [-0.15, -0.1) is 0 Å². The van der Waals surface area contributed by atoms with Crippen molar-refractivity contribution in [1.29, 1.82) is 0 Å². The van der Waals surface area contributed by atoms with Gasteiger partial charge >= 0.3 is 0 Å². The minimum absolute atomic E-state index is 0.189. The third kappa shape index (κ3) is 6.43. The van der Waals surface area contributed by atoms with Crippen LogP contribution >= 0.6 is 22.6 Å². The van der Waals surface area contributed by atoms with Gasteiger partial charge in [-0.1, -0.05) is 28.7 Å². The smallest absolute Gasteiger partial charge is 0.0546 e. The lowest BCUT2D eigenvalue weighted by atomic mass is 10.3. The molecule has 0 aliphatic carbocycles. The number of halogens is 1. The average molecular weight is 212 g/mol. The maximum absolute atomic E-state index is 8.63. The molecule has 0 saturated heterocycles. The lowest BCUT2D eigenvalue weighted by molar-refractivity contribution is 0.198. The summed E-state index contributed by atoms with van der Waals surface area (Å²) < 4.78 is 1.91. The van der Waals surface area contributed by atoms with Crippen LogP contribution in [0, 0.1) is 0 Å². The van der Waals surface area contributed by atoms with Crippen LogP contribution in [0.4, 0.5) is 0 Å². The molecule has 0 saturated carbocycles. The SMILES string of the molecule is C[C@H](O)C/C=C/I. The summed E-state index contributed by atoms with van der Waals surface area (Å²) in [6.07, 6.45) is 2.51. The highest BCUT2D eigenvalue weighted by Crippen LogP contribution is 1.92. The lowest BCUT2D eigenvalue weighted by Gasteiger charge is -1.93. The summed E-state index contributed by atoms with van der Waals surface area (Å²) in [5, 5.41) is 8.63. The number of hydrogen-bond donors (Lipinski definition) is 1. The van der Waals surface area contributed by atoms with E-state index in [1.807, 2.05) is 10.2 Å². The number of rotatable bonds is 2. The molecule has 0 aromatic carbocycles. The Morgan fingerprint density at radius 2 is 2.43 bits per heavy atom. The van der Waals surface area contributed by atoms with E-state index in [0.29, 0.717) is 0 Å². The fourth-order valence-corrected chi connectivity index (χ4v) is 0.542. The predicted molar refractivity (Wildman–Crippen MR) is 39.5 cm³/mol. The van der Waals surface area contributed by atoms with E-state index in [1.165, 1.54) is 0 Å². The van der Waals surface area contributed by atoms with Gasteiger partial charge in [0, 0.05) is 0 Å². The monoisotopic (exact) mass is 212 g/mol. The first kappa shape index (κ1) is 7.43. The largest absolute Gasteiger partial charge is 0.393 e. The van der Waals surface area contributed by atoms with Crippen LogP contribution in [-0.2, 0) is 0 Å². The first-order valence-electron chi connectivity index (χ1n) is 2.20. The van der Waals surface area contributed by atoms with E-state index < -0.39 is 0 Å². The third-order valence-corrected chi connectivity index (χ3v) is 1.07. The van der Waals surface area contributed by atoms with Gasteiger partial charge in [-0.05, 0) is 17.4 Å². The molecule has 0 aromatic rings. The summed E-state index contributed by atoms with van der Waals surface area (Å²) in [5.74, 6) is 0. The van der Waals surface area contributed by atoms with E-state index in [4.69, 9.17) is 5.11 Å². The van der Waals surface area contributed by atoms with Crippen LogP contribution in [0.3, 0.4) is 0 Å². The molecular weight excluding hydrogens is 203 g/mol. The number of aliphatic hydroxyl groups excluding tert-OH is 1. The van der Waals surface area contributed by atoms with Gasteiger partial charge in [-0.2, -0.15) is 0 Å². The number of hydrogen-bond acceptors (Lipinski definition) is 1. The second-order valence-corrected chi connectivity index (χ2v) is 2.17. The van der Waals surface area contributed by atoms with Gasteiger partial charge in [0.15, 0.2) is 0 Å². The van der Waals surface area contributed by atoms with E-state index in [0.717, 1.165) is 6.42 Å². The Balaban J connectivity index is 2.97. The van der Waals surface area contributed by atoms with Crippen LogP contribution in [-0.4, -0.2) is 11.2 Å². The van der Waals surface area contributed by atoms with Crippen molar-refractivity contribution >= 4 is 22.6 Å². The average Bonchev–Trinajstić information content (AvgIpc) is 1.61. The molecule has 0 spiro atoms. The molecule has 1 atom stereocenters. The van der Waals surface area contributed by atoms with E-state index in [9.17, 15) is 0 Å². The standard InChI is InChI=1S/C5H9IO/c1-5(7)3-2-4-6/h2,4-5,7H,3H2,1H3/b4-2+/t5-/m0/s1. The van der Waals surface area contributed by atoms with Crippen molar-refractivity contribution in [2.75, 3.05) is 0 Å². The van der Waals surface area contributed by atoms with Crippen LogP contribution in [0.5, 0.6) is 0 Å². The molecule has 42 valence electrons. The van der Waals surface area contributed by atoms with Gasteiger partial charge in [-0.3, -0.25) is 0 Å². The van der Waals surface area contributed by atoms with Gasteiger partial charge in [0.05, 0.1) is 6.10 Å². The van der Waals surface area contributed by atoms with Crippen molar-refractivity contribution in [1.82, 2.24) is 0 Å². The number of aliphatic hydroxyl groups is 1. The molecule has 0 unspecified atom stereocenters. The van der Waals surface area contributed by atoms with Crippen molar-refractivity contribution in [2.24, 2.45) is 0 Å². The summed E-state index contributed by atoms with van der Waals surface area (Å²) in [5.41, 5.74) is 0. The van der Waals surface area contributed by atoms with Gasteiger partial charge in [-0.25, -0.2) is 0 Å². The second-order valence-electron chi connectivity index (χ2n) is 1.45. The molecule has 1 nitrogen and oxygen atoms in total. The van der Waals surface area contributed by atoms with Crippen LogP contribution < -0.4 is 0 Å². The molecule has 0 bridgehead atoms. The second kappa shape index (κ2) is 4.59. The Kier molecular flexibility index (Phi) is 4.87. The topological polar surface area (TPSA) is 20.2 Å². The quantitative estimate of drug-likeness (QED) is 0.690. The lowest BCUT2D eigenvalue weighted by Crippen LogP contribution is -1.94. The van der Waals surface area contributed by atoms with Crippen molar-refractivity contribution in [3.8, 4) is 0 Å².